The van der Waals surface area contributed by atoms with E-state index in [-0.39, 0.29) is 42.4 Å². The van der Waals surface area contributed by atoms with Crippen molar-refractivity contribution >= 4 is 29.2 Å². The number of anilines is 2. The number of phenols is 1. The number of aromatic nitrogens is 1. The van der Waals surface area contributed by atoms with Crippen LogP contribution in [0.2, 0.25) is 0 Å². The Morgan fingerprint density at radius 3 is 2.33 bits per heavy atom. The summed E-state index contributed by atoms with van der Waals surface area (Å²) in [5.41, 5.74) is 2.33. The van der Waals surface area contributed by atoms with Gasteiger partial charge >= 0.3 is 0 Å². The van der Waals surface area contributed by atoms with Crippen LogP contribution in [-0.4, -0.2) is 33.9 Å². The van der Waals surface area contributed by atoms with E-state index < -0.39 is 6.04 Å². The Hall–Kier alpha value is -4.20. The average Bonchev–Trinajstić information content (AvgIpc) is 2.97. The first-order valence-corrected chi connectivity index (χ1v) is 14.2. The van der Waals surface area contributed by atoms with Crippen molar-refractivity contribution in [3.05, 3.63) is 84.1 Å². The number of benzene rings is 2. The highest BCUT2D eigenvalue weighted by Crippen LogP contribution is 2.31. The van der Waals surface area contributed by atoms with Crippen LogP contribution in [0.1, 0.15) is 75.5 Å². The Balaban J connectivity index is 1.58. The minimum absolute atomic E-state index is 0.0653. The molecule has 0 radical (unpaired) electrons. The monoisotopic (exact) mass is 542 g/mol. The molecule has 3 amide bonds. The smallest absolute Gasteiger partial charge is 0.248 e. The zero-order valence-corrected chi connectivity index (χ0v) is 23.0. The number of phenolic OH excluding ortho intramolecular Hbond substituents is 1. The summed E-state index contributed by atoms with van der Waals surface area (Å²) in [7, 11) is 0. The lowest BCUT2D eigenvalue weighted by Gasteiger charge is -2.33. The van der Waals surface area contributed by atoms with Crippen molar-refractivity contribution in [3.63, 3.8) is 0 Å². The van der Waals surface area contributed by atoms with Crippen LogP contribution in [0.4, 0.5) is 11.5 Å². The standard InChI is InChI=1S/C32H38N4O4/c1-2-23-14-18-26(19-15-23)36(30(39)13-8-12-29(38)35-28-11-6-7-22-33-28)31(24-16-20-27(37)21-17-24)32(40)34-25-9-4-3-5-10-25/h6-7,11,14-22,25,31,37H,2-5,8-10,12-13H2,1H3,(H,34,40)(H,33,35,38)/t31-/m1/s1. The highest BCUT2D eigenvalue weighted by atomic mass is 16.3. The summed E-state index contributed by atoms with van der Waals surface area (Å²) in [6.45, 7) is 2.06. The summed E-state index contributed by atoms with van der Waals surface area (Å²) in [4.78, 5) is 45.9. The summed E-state index contributed by atoms with van der Waals surface area (Å²) >= 11 is 0. The fraction of sp³-hybridized carbons (Fsp3) is 0.375. The third kappa shape index (κ3) is 7.91. The Morgan fingerprint density at radius 1 is 0.950 bits per heavy atom. The topological polar surface area (TPSA) is 112 Å². The van der Waals surface area contributed by atoms with Crippen LogP contribution in [0.15, 0.2) is 72.9 Å². The molecule has 40 heavy (non-hydrogen) atoms. The van der Waals surface area contributed by atoms with Crippen LogP contribution in [0.5, 0.6) is 5.75 Å². The predicted octanol–water partition coefficient (Wildman–Crippen LogP) is 5.68. The highest BCUT2D eigenvalue weighted by Gasteiger charge is 2.34. The molecule has 1 atom stereocenters. The van der Waals surface area contributed by atoms with E-state index in [1.165, 1.54) is 12.1 Å². The van der Waals surface area contributed by atoms with E-state index in [9.17, 15) is 19.5 Å². The first-order valence-electron chi connectivity index (χ1n) is 14.2. The normalized spacial score (nSPS) is 14.2. The van der Waals surface area contributed by atoms with Crippen LogP contribution in [0.3, 0.4) is 0 Å². The van der Waals surface area contributed by atoms with Gasteiger partial charge < -0.3 is 15.7 Å². The zero-order valence-electron chi connectivity index (χ0n) is 23.0. The van der Waals surface area contributed by atoms with Crippen LogP contribution < -0.4 is 15.5 Å². The molecule has 1 saturated carbocycles. The summed E-state index contributed by atoms with van der Waals surface area (Å²) in [5, 5.41) is 15.9. The van der Waals surface area contributed by atoms with Gasteiger partial charge in [-0.2, -0.15) is 0 Å². The third-order valence-electron chi connectivity index (χ3n) is 7.29. The fourth-order valence-corrected chi connectivity index (χ4v) is 5.09. The van der Waals surface area contributed by atoms with Gasteiger partial charge in [-0.15, -0.1) is 0 Å². The number of aryl methyl sites for hydroxylation is 1. The molecule has 1 aliphatic rings. The van der Waals surface area contributed by atoms with E-state index in [2.05, 4.69) is 22.5 Å². The molecule has 0 aliphatic heterocycles. The van der Waals surface area contributed by atoms with Crippen molar-refractivity contribution in [3.8, 4) is 5.75 Å². The SMILES string of the molecule is CCc1ccc(N(C(=O)CCCC(=O)Nc2ccccn2)[C@@H](C(=O)NC2CCCCC2)c2ccc(O)cc2)cc1. The molecule has 0 bridgehead atoms. The van der Waals surface area contributed by atoms with Crippen LogP contribution in [-0.2, 0) is 20.8 Å². The quantitative estimate of drug-likeness (QED) is 0.289. The molecular formula is C32H38N4O4. The first-order chi connectivity index (χ1) is 19.4. The van der Waals surface area contributed by atoms with E-state index in [0.717, 1.165) is 44.1 Å². The maximum absolute atomic E-state index is 13.9. The molecule has 0 spiro atoms. The lowest BCUT2D eigenvalue weighted by atomic mass is 9.94. The number of nitrogens with zero attached hydrogens (tertiary/aromatic N) is 2. The number of carbonyl (C=O) groups is 3. The number of hydrogen-bond acceptors (Lipinski definition) is 5. The number of carbonyl (C=O) groups excluding carboxylic acids is 3. The fourth-order valence-electron chi connectivity index (χ4n) is 5.09. The van der Waals surface area contributed by atoms with E-state index >= 15 is 0 Å². The highest BCUT2D eigenvalue weighted by molar-refractivity contribution is 6.01. The maximum atomic E-state index is 13.9. The van der Waals surface area contributed by atoms with Crippen LogP contribution in [0.25, 0.3) is 0 Å². The van der Waals surface area contributed by atoms with Gasteiger partial charge in [0.25, 0.3) is 0 Å². The van der Waals surface area contributed by atoms with Gasteiger partial charge in [0.2, 0.25) is 17.7 Å². The molecule has 8 heteroatoms. The zero-order chi connectivity index (χ0) is 28.3. The maximum Gasteiger partial charge on any atom is 0.248 e. The second-order valence-corrected chi connectivity index (χ2v) is 10.2. The first kappa shape index (κ1) is 28.8. The van der Waals surface area contributed by atoms with Gasteiger partial charge in [-0.1, -0.05) is 56.5 Å². The average molecular weight is 543 g/mol. The molecule has 1 aromatic heterocycles. The van der Waals surface area contributed by atoms with Crippen molar-refractivity contribution in [2.45, 2.75) is 76.8 Å². The largest absolute Gasteiger partial charge is 0.508 e. The van der Waals surface area contributed by atoms with Crippen LogP contribution >= 0.6 is 0 Å². The van der Waals surface area contributed by atoms with Crippen molar-refractivity contribution in [2.75, 3.05) is 10.2 Å². The minimum atomic E-state index is -0.926. The van der Waals surface area contributed by atoms with E-state index in [1.54, 1.807) is 41.4 Å². The van der Waals surface area contributed by atoms with Crippen LogP contribution in [0, 0.1) is 0 Å². The summed E-state index contributed by atoms with van der Waals surface area (Å²) < 4.78 is 0. The lowest BCUT2D eigenvalue weighted by Crippen LogP contribution is -2.47. The van der Waals surface area contributed by atoms with E-state index in [4.69, 9.17) is 0 Å². The lowest BCUT2D eigenvalue weighted by molar-refractivity contribution is -0.127. The molecule has 2 aromatic carbocycles. The molecule has 3 aromatic rings. The third-order valence-corrected chi connectivity index (χ3v) is 7.29. The minimum Gasteiger partial charge on any atom is -0.508 e. The second kappa shape index (κ2) is 14.3. The van der Waals surface area contributed by atoms with Crippen molar-refractivity contribution in [1.29, 1.82) is 0 Å². The summed E-state index contributed by atoms with van der Waals surface area (Å²) in [6.07, 6.45) is 8.11. The number of amides is 3. The molecule has 1 aliphatic carbocycles. The molecule has 1 heterocycles. The number of rotatable bonds is 11. The number of aromatic hydroxyl groups is 1. The molecule has 8 nitrogen and oxygen atoms in total. The van der Waals surface area contributed by atoms with Gasteiger partial charge in [-0.25, -0.2) is 4.98 Å². The Kier molecular flexibility index (Phi) is 10.3. The predicted molar refractivity (Wildman–Crippen MR) is 156 cm³/mol. The van der Waals surface area contributed by atoms with Gasteiger partial charge in [0.15, 0.2) is 0 Å². The van der Waals surface area contributed by atoms with Gasteiger partial charge in [-0.3, -0.25) is 19.3 Å². The van der Waals surface area contributed by atoms with Gasteiger partial charge in [0.1, 0.15) is 17.6 Å². The number of hydrogen-bond donors (Lipinski definition) is 3. The molecule has 3 N–H and O–H groups in total. The molecule has 1 fully saturated rings. The molecule has 210 valence electrons. The Morgan fingerprint density at radius 2 is 1.68 bits per heavy atom. The molecular weight excluding hydrogens is 504 g/mol. The Labute approximate surface area is 235 Å². The van der Waals surface area contributed by atoms with E-state index in [0.29, 0.717) is 23.5 Å². The number of pyridine rings is 1. The van der Waals surface area contributed by atoms with Crippen molar-refractivity contribution in [1.82, 2.24) is 10.3 Å². The molecule has 0 unspecified atom stereocenters. The van der Waals surface area contributed by atoms with Gasteiger partial charge in [-0.05, 0) is 73.2 Å². The summed E-state index contributed by atoms with van der Waals surface area (Å²) in [5.74, 6) is -0.192. The second-order valence-electron chi connectivity index (χ2n) is 10.2. The van der Waals surface area contributed by atoms with Crippen molar-refractivity contribution < 1.29 is 19.5 Å². The molecule has 4 rings (SSSR count). The van der Waals surface area contributed by atoms with Gasteiger partial charge in [0, 0.05) is 30.8 Å². The molecule has 0 saturated heterocycles. The number of nitrogens with one attached hydrogen (secondary N) is 2. The summed E-state index contributed by atoms with van der Waals surface area (Å²) in [6, 6.07) is 18.5. The Bertz CT molecular complexity index is 1260. The van der Waals surface area contributed by atoms with Crippen molar-refractivity contribution in [2.24, 2.45) is 0 Å². The van der Waals surface area contributed by atoms with E-state index in [1.807, 2.05) is 24.3 Å². The van der Waals surface area contributed by atoms with Gasteiger partial charge in [0.05, 0.1) is 0 Å².